The average Bonchev–Trinajstić information content (AvgIpc) is 2.64. The molecule has 8 nitrogen and oxygen atoms in total. The summed E-state index contributed by atoms with van der Waals surface area (Å²) in [4.78, 5) is 41.9. The fourth-order valence-corrected chi connectivity index (χ4v) is 3.35. The summed E-state index contributed by atoms with van der Waals surface area (Å²) in [5.74, 6) is 0.473. The number of aromatic nitrogens is 2. The molecule has 0 fully saturated rings. The fourth-order valence-electron chi connectivity index (χ4n) is 2.47. The van der Waals surface area contributed by atoms with Crippen LogP contribution in [0.1, 0.15) is 11.3 Å². The van der Waals surface area contributed by atoms with Gasteiger partial charge in [-0.2, -0.15) is 0 Å². The van der Waals surface area contributed by atoms with Crippen molar-refractivity contribution in [2.24, 2.45) is 0 Å². The molecule has 1 aromatic carbocycles. The maximum atomic E-state index is 11.8. The van der Waals surface area contributed by atoms with Gasteiger partial charge in [0.05, 0.1) is 26.3 Å². The van der Waals surface area contributed by atoms with Gasteiger partial charge in [-0.3, -0.25) is 9.59 Å². The van der Waals surface area contributed by atoms with Crippen molar-refractivity contribution in [2.45, 2.75) is 17.3 Å². The third-order valence-corrected chi connectivity index (χ3v) is 4.65. The van der Waals surface area contributed by atoms with E-state index in [1.54, 1.807) is 18.2 Å². The molecule has 0 unspecified atom stereocenters. The van der Waals surface area contributed by atoms with Crippen LogP contribution in [0.15, 0.2) is 49.5 Å². The van der Waals surface area contributed by atoms with Crippen molar-refractivity contribution in [1.29, 1.82) is 0 Å². The monoisotopic (exact) mass is 388 g/mol. The van der Waals surface area contributed by atoms with Crippen molar-refractivity contribution in [2.75, 3.05) is 14.2 Å². The van der Waals surface area contributed by atoms with Gasteiger partial charge in [0.2, 0.25) is 0 Å². The van der Waals surface area contributed by atoms with Crippen molar-refractivity contribution in [3.63, 3.8) is 0 Å². The lowest BCUT2D eigenvalue weighted by Crippen LogP contribution is -2.14. The highest BCUT2D eigenvalue weighted by atomic mass is 32.2. The summed E-state index contributed by atoms with van der Waals surface area (Å²) in [5, 5.41) is 1.10. The normalized spacial score (nSPS) is 10.7. The molecule has 0 spiro atoms. The van der Waals surface area contributed by atoms with E-state index >= 15 is 0 Å². The second-order valence-electron chi connectivity index (χ2n) is 5.54. The number of hydrogen-bond acceptors (Lipinski definition) is 8. The molecule has 0 bridgehead atoms. The summed E-state index contributed by atoms with van der Waals surface area (Å²) in [6, 6.07) is 7.87. The maximum Gasteiger partial charge on any atom is 0.336 e. The van der Waals surface area contributed by atoms with Crippen molar-refractivity contribution in [3.05, 3.63) is 62.4 Å². The molecule has 0 amide bonds. The number of nitrogens with zero attached hydrogens (tertiary/aromatic N) is 1. The predicted octanol–water partition coefficient (Wildman–Crippen LogP) is 1.89. The minimum atomic E-state index is -0.482. The summed E-state index contributed by atoms with van der Waals surface area (Å²) in [6.07, 6.45) is -0.0916. The van der Waals surface area contributed by atoms with E-state index in [1.807, 2.05) is 0 Å². The number of ether oxygens (including phenoxy) is 2. The number of rotatable bonds is 6. The zero-order valence-corrected chi connectivity index (χ0v) is 15.4. The molecule has 0 saturated heterocycles. The Bertz CT molecular complexity index is 1100. The van der Waals surface area contributed by atoms with Crippen LogP contribution in [-0.2, 0) is 21.7 Å². The SMILES string of the molecule is COC(=O)Cc1cc(=O)[nH]c(SCc2cc(=O)oc3cc(OC)ccc23)n1. The van der Waals surface area contributed by atoms with Crippen LogP contribution in [0.25, 0.3) is 11.0 Å². The van der Waals surface area contributed by atoms with Gasteiger partial charge in [0.25, 0.3) is 5.56 Å². The second-order valence-corrected chi connectivity index (χ2v) is 6.50. The molecule has 27 heavy (non-hydrogen) atoms. The van der Waals surface area contributed by atoms with Crippen LogP contribution < -0.4 is 15.9 Å². The molecule has 0 radical (unpaired) electrons. The molecule has 0 aliphatic heterocycles. The average molecular weight is 388 g/mol. The smallest absolute Gasteiger partial charge is 0.336 e. The van der Waals surface area contributed by atoms with Gasteiger partial charge in [-0.05, 0) is 17.7 Å². The zero-order chi connectivity index (χ0) is 19.4. The Hall–Kier alpha value is -3.07. The summed E-state index contributed by atoms with van der Waals surface area (Å²) in [7, 11) is 2.80. The number of methoxy groups -OCH3 is 2. The summed E-state index contributed by atoms with van der Waals surface area (Å²) >= 11 is 1.24. The van der Waals surface area contributed by atoms with Gasteiger partial charge in [-0.15, -0.1) is 0 Å². The minimum absolute atomic E-state index is 0.0916. The minimum Gasteiger partial charge on any atom is -0.497 e. The molecule has 3 rings (SSSR count). The van der Waals surface area contributed by atoms with E-state index in [4.69, 9.17) is 9.15 Å². The number of carbonyl (C=O) groups is 1. The van der Waals surface area contributed by atoms with Crippen LogP contribution in [-0.4, -0.2) is 30.2 Å². The molecule has 0 aliphatic carbocycles. The number of benzene rings is 1. The van der Waals surface area contributed by atoms with Crippen LogP contribution in [0.5, 0.6) is 5.75 Å². The lowest BCUT2D eigenvalue weighted by atomic mass is 10.1. The lowest BCUT2D eigenvalue weighted by Gasteiger charge is -2.07. The number of fused-ring (bicyclic) bond motifs is 1. The predicted molar refractivity (Wildman–Crippen MR) is 99.2 cm³/mol. The Labute approximate surface area is 157 Å². The quantitative estimate of drug-likeness (QED) is 0.295. The van der Waals surface area contributed by atoms with E-state index < -0.39 is 11.6 Å². The van der Waals surface area contributed by atoms with Gasteiger partial charge >= 0.3 is 11.6 Å². The van der Waals surface area contributed by atoms with E-state index in [0.717, 1.165) is 10.9 Å². The van der Waals surface area contributed by atoms with E-state index in [1.165, 1.54) is 38.1 Å². The van der Waals surface area contributed by atoms with Crippen molar-refractivity contribution in [1.82, 2.24) is 9.97 Å². The van der Waals surface area contributed by atoms with E-state index in [2.05, 4.69) is 14.7 Å². The molecule has 0 atom stereocenters. The third-order valence-electron chi connectivity index (χ3n) is 3.73. The number of hydrogen-bond donors (Lipinski definition) is 1. The Balaban J connectivity index is 1.87. The van der Waals surface area contributed by atoms with Crippen LogP contribution in [0, 0.1) is 0 Å². The van der Waals surface area contributed by atoms with Gasteiger partial charge in [0, 0.05) is 29.3 Å². The fraction of sp³-hybridized carbons (Fsp3) is 0.222. The van der Waals surface area contributed by atoms with Gasteiger partial charge in [0.1, 0.15) is 11.3 Å². The van der Waals surface area contributed by atoms with Crippen LogP contribution >= 0.6 is 11.8 Å². The number of thioether (sulfide) groups is 1. The number of H-pyrrole nitrogens is 1. The van der Waals surface area contributed by atoms with Crippen molar-refractivity contribution >= 4 is 28.7 Å². The molecule has 9 heteroatoms. The first kappa shape index (κ1) is 18.7. The van der Waals surface area contributed by atoms with Gasteiger partial charge in [-0.1, -0.05) is 11.8 Å². The van der Waals surface area contributed by atoms with Gasteiger partial charge < -0.3 is 18.9 Å². The number of aromatic amines is 1. The highest BCUT2D eigenvalue weighted by molar-refractivity contribution is 7.98. The summed E-state index contributed by atoms with van der Waals surface area (Å²) in [5.41, 5.74) is 0.615. The topological polar surface area (TPSA) is 111 Å². The molecule has 2 aromatic heterocycles. The van der Waals surface area contributed by atoms with Gasteiger partial charge in [0.15, 0.2) is 5.16 Å². The molecular weight excluding hydrogens is 372 g/mol. The lowest BCUT2D eigenvalue weighted by molar-refractivity contribution is -0.139. The Kier molecular flexibility index (Phi) is 5.60. The summed E-state index contributed by atoms with van der Waals surface area (Å²) < 4.78 is 15.0. The molecule has 140 valence electrons. The van der Waals surface area contributed by atoms with Crippen LogP contribution in [0.3, 0.4) is 0 Å². The second kappa shape index (κ2) is 8.09. The molecule has 0 aliphatic rings. The van der Waals surface area contributed by atoms with E-state index in [-0.39, 0.29) is 12.0 Å². The largest absolute Gasteiger partial charge is 0.497 e. The number of nitrogens with one attached hydrogen (secondary N) is 1. The first-order chi connectivity index (χ1) is 13.0. The maximum absolute atomic E-state index is 11.8. The molecule has 0 saturated carbocycles. The number of esters is 1. The van der Waals surface area contributed by atoms with Crippen LogP contribution in [0.4, 0.5) is 0 Å². The van der Waals surface area contributed by atoms with Gasteiger partial charge in [-0.25, -0.2) is 9.78 Å². The van der Waals surface area contributed by atoms with Crippen molar-refractivity contribution < 1.29 is 18.7 Å². The molecule has 1 N–H and O–H groups in total. The van der Waals surface area contributed by atoms with E-state index in [0.29, 0.717) is 27.9 Å². The Morgan fingerprint density at radius 3 is 2.78 bits per heavy atom. The first-order valence-corrected chi connectivity index (χ1v) is 8.87. The summed E-state index contributed by atoms with van der Waals surface area (Å²) in [6.45, 7) is 0. The molecule has 2 heterocycles. The number of carbonyl (C=O) groups excluding carboxylic acids is 1. The Morgan fingerprint density at radius 1 is 1.22 bits per heavy atom. The first-order valence-electron chi connectivity index (χ1n) is 7.89. The Morgan fingerprint density at radius 2 is 2.04 bits per heavy atom. The highest BCUT2D eigenvalue weighted by Crippen LogP contribution is 2.26. The third kappa shape index (κ3) is 4.56. The van der Waals surface area contributed by atoms with Crippen LogP contribution in [0.2, 0.25) is 0 Å². The standard InChI is InChI=1S/C18H16N2O6S/c1-24-12-3-4-13-10(5-17(23)26-14(13)8-12)9-27-18-19-11(6-15(21)20-18)7-16(22)25-2/h3-6,8H,7,9H2,1-2H3,(H,19,20,21). The molecule has 3 aromatic rings. The van der Waals surface area contributed by atoms with E-state index in [9.17, 15) is 14.4 Å². The zero-order valence-electron chi connectivity index (χ0n) is 14.6. The highest BCUT2D eigenvalue weighted by Gasteiger charge is 2.11. The molecular formula is C18H16N2O6S. The van der Waals surface area contributed by atoms with Crippen molar-refractivity contribution in [3.8, 4) is 5.75 Å².